The molecule has 1 aromatic heterocycles. The highest BCUT2D eigenvalue weighted by atomic mass is 16.4. The minimum Gasteiger partial charge on any atom is -0.476 e. The maximum atomic E-state index is 10.6. The SMILES string of the molecule is C#CC(Nc1nc(C(=O)O)co1)C(C)(C)C. The zero-order valence-corrected chi connectivity index (χ0v) is 9.44. The number of anilines is 1. The summed E-state index contributed by atoms with van der Waals surface area (Å²) in [6.45, 7) is 5.89. The molecule has 2 N–H and O–H groups in total. The molecule has 0 aliphatic rings. The van der Waals surface area contributed by atoms with Crippen LogP contribution >= 0.6 is 0 Å². The maximum Gasteiger partial charge on any atom is 0.357 e. The van der Waals surface area contributed by atoms with E-state index in [1.165, 1.54) is 0 Å². The lowest BCUT2D eigenvalue weighted by Crippen LogP contribution is -2.32. The molecular weight excluding hydrogens is 208 g/mol. The highest BCUT2D eigenvalue weighted by Gasteiger charge is 2.24. The topological polar surface area (TPSA) is 75.4 Å². The summed E-state index contributed by atoms with van der Waals surface area (Å²) in [5, 5.41) is 11.5. The number of carbonyl (C=O) groups is 1. The summed E-state index contributed by atoms with van der Waals surface area (Å²) in [7, 11) is 0. The van der Waals surface area contributed by atoms with Gasteiger partial charge in [0.05, 0.1) is 6.04 Å². The van der Waals surface area contributed by atoms with Crippen molar-refractivity contribution in [2.45, 2.75) is 26.8 Å². The Kier molecular flexibility index (Phi) is 3.23. The Balaban J connectivity index is 2.80. The molecule has 1 rings (SSSR count). The maximum absolute atomic E-state index is 10.6. The van der Waals surface area contributed by atoms with Crippen molar-refractivity contribution in [3.8, 4) is 12.3 Å². The zero-order valence-electron chi connectivity index (χ0n) is 9.44. The predicted octanol–water partition coefficient (Wildman–Crippen LogP) is 1.83. The van der Waals surface area contributed by atoms with Crippen molar-refractivity contribution in [1.29, 1.82) is 0 Å². The molecular formula is C11H14N2O3. The van der Waals surface area contributed by atoms with Crippen molar-refractivity contribution >= 4 is 12.0 Å². The van der Waals surface area contributed by atoms with Crippen LogP contribution in [0.2, 0.25) is 0 Å². The van der Waals surface area contributed by atoms with Gasteiger partial charge in [0.15, 0.2) is 5.69 Å². The molecule has 0 aromatic carbocycles. The van der Waals surface area contributed by atoms with Crippen molar-refractivity contribution in [1.82, 2.24) is 4.98 Å². The number of aromatic carboxylic acids is 1. The van der Waals surface area contributed by atoms with Gasteiger partial charge in [0.2, 0.25) is 0 Å². The lowest BCUT2D eigenvalue weighted by molar-refractivity contribution is 0.0690. The number of hydrogen-bond donors (Lipinski definition) is 2. The van der Waals surface area contributed by atoms with Crippen LogP contribution in [0.5, 0.6) is 0 Å². The van der Waals surface area contributed by atoms with Gasteiger partial charge in [0.25, 0.3) is 6.01 Å². The van der Waals surface area contributed by atoms with Gasteiger partial charge in [-0.3, -0.25) is 0 Å². The monoisotopic (exact) mass is 222 g/mol. The standard InChI is InChI=1S/C11H14N2O3/c1-5-8(11(2,3)4)13-10-12-7(6-16-10)9(14)15/h1,6,8H,2-4H3,(H,12,13)(H,14,15). The minimum atomic E-state index is -1.13. The summed E-state index contributed by atoms with van der Waals surface area (Å²) in [4.78, 5) is 14.3. The van der Waals surface area contributed by atoms with Crippen molar-refractivity contribution in [3.05, 3.63) is 12.0 Å². The van der Waals surface area contributed by atoms with Crippen LogP contribution in [0.1, 0.15) is 31.3 Å². The van der Waals surface area contributed by atoms with E-state index in [0.29, 0.717) is 0 Å². The fourth-order valence-corrected chi connectivity index (χ4v) is 1.07. The largest absolute Gasteiger partial charge is 0.476 e. The van der Waals surface area contributed by atoms with Crippen LogP contribution in [0.4, 0.5) is 6.01 Å². The Bertz CT molecular complexity index is 423. The first-order chi connectivity index (χ1) is 7.34. The number of nitrogens with zero attached hydrogens (tertiary/aromatic N) is 1. The molecule has 5 nitrogen and oxygen atoms in total. The van der Waals surface area contributed by atoms with Gasteiger partial charge < -0.3 is 14.8 Å². The first kappa shape index (κ1) is 12.1. The smallest absolute Gasteiger partial charge is 0.357 e. The molecule has 0 aliphatic carbocycles. The van der Waals surface area contributed by atoms with Gasteiger partial charge >= 0.3 is 5.97 Å². The first-order valence-corrected chi connectivity index (χ1v) is 4.76. The van der Waals surface area contributed by atoms with E-state index in [2.05, 4.69) is 16.2 Å². The van der Waals surface area contributed by atoms with Gasteiger partial charge in [-0.1, -0.05) is 26.7 Å². The van der Waals surface area contributed by atoms with E-state index < -0.39 is 5.97 Å². The van der Waals surface area contributed by atoms with Gasteiger partial charge in [0.1, 0.15) is 6.26 Å². The van der Waals surface area contributed by atoms with Gasteiger partial charge in [-0.25, -0.2) is 4.79 Å². The number of terminal acetylenes is 1. The van der Waals surface area contributed by atoms with Crippen molar-refractivity contribution in [3.63, 3.8) is 0 Å². The van der Waals surface area contributed by atoms with Crippen LogP contribution in [-0.4, -0.2) is 22.1 Å². The number of carboxylic acids is 1. The fourth-order valence-electron chi connectivity index (χ4n) is 1.07. The average Bonchev–Trinajstić information content (AvgIpc) is 2.60. The molecule has 0 amide bonds. The summed E-state index contributed by atoms with van der Waals surface area (Å²) < 4.78 is 4.95. The second-order valence-corrected chi connectivity index (χ2v) is 4.45. The molecule has 0 radical (unpaired) electrons. The normalized spacial score (nSPS) is 12.9. The van der Waals surface area contributed by atoms with Crippen molar-refractivity contribution in [2.24, 2.45) is 5.41 Å². The van der Waals surface area contributed by atoms with Gasteiger partial charge in [-0.05, 0) is 5.41 Å². The summed E-state index contributed by atoms with van der Waals surface area (Å²) >= 11 is 0. The predicted molar refractivity (Wildman–Crippen MR) is 59.2 cm³/mol. The molecule has 5 heteroatoms. The average molecular weight is 222 g/mol. The van der Waals surface area contributed by atoms with Gasteiger partial charge in [0, 0.05) is 0 Å². The van der Waals surface area contributed by atoms with Crippen LogP contribution in [0, 0.1) is 17.8 Å². The van der Waals surface area contributed by atoms with E-state index >= 15 is 0 Å². The molecule has 0 saturated carbocycles. The van der Waals surface area contributed by atoms with Crippen LogP contribution in [0.15, 0.2) is 10.7 Å². The molecule has 86 valence electrons. The summed E-state index contributed by atoms with van der Waals surface area (Å²) in [6.07, 6.45) is 6.45. The first-order valence-electron chi connectivity index (χ1n) is 4.76. The van der Waals surface area contributed by atoms with E-state index in [9.17, 15) is 4.79 Å². The van der Waals surface area contributed by atoms with E-state index in [4.69, 9.17) is 15.9 Å². The highest BCUT2D eigenvalue weighted by Crippen LogP contribution is 2.22. The Labute approximate surface area is 93.9 Å². The third-order valence-electron chi connectivity index (χ3n) is 2.02. The van der Waals surface area contributed by atoms with E-state index in [1.54, 1.807) is 0 Å². The Hall–Kier alpha value is -1.96. The molecule has 0 spiro atoms. The molecule has 0 fully saturated rings. The number of carboxylic acid groups (broad SMARTS) is 1. The second kappa shape index (κ2) is 4.27. The quantitative estimate of drug-likeness (QED) is 0.763. The van der Waals surface area contributed by atoms with E-state index in [1.807, 2.05) is 20.8 Å². The molecule has 16 heavy (non-hydrogen) atoms. The lowest BCUT2D eigenvalue weighted by Gasteiger charge is -2.26. The second-order valence-electron chi connectivity index (χ2n) is 4.45. The molecule has 1 atom stereocenters. The Morgan fingerprint density at radius 3 is 2.69 bits per heavy atom. The zero-order chi connectivity index (χ0) is 12.3. The van der Waals surface area contributed by atoms with Crippen molar-refractivity contribution in [2.75, 3.05) is 5.32 Å². The molecule has 0 bridgehead atoms. The summed E-state index contributed by atoms with van der Waals surface area (Å²) in [5.74, 6) is 1.44. The van der Waals surface area contributed by atoms with Crippen LogP contribution in [0.25, 0.3) is 0 Å². The number of nitrogens with one attached hydrogen (secondary N) is 1. The van der Waals surface area contributed by atoms with Crippen LogP contribution in [-0.2, 0) is 0 Å². The third kappa shape index (κ3) is 2.76. The highest BCUT2D eigenvalue weighted by molar-refractivity contribution is 5.85. The molecule has 1 aromatic rings. The number of oxazole rings is 1. The minimum absolute atomic E-state index is 0.121. The Morgan fingerprint density at radius 1 is 1.69 bits per heavy atom. The number of aromatic nitrogens is 1. The fraction of sp³-hybridized carbons (Fsp3) is 0.455. The summed E-state index contributed by atoms with van der Waals surface area (Å²) in [6, 6.07) is -0.164. The molecule has 1 heterocycles. The van der Waals surface area contributed by atoms with Crippen LogP contribution < -0.4 is 5.32 Å². The molecule has 0 aliphatic heterocycles. The number of rotatable bonds is 3. The number of hydrogen-bond acceptors (Lipinski definition) is 4. The summed E-state index contributed by atoms with van der Waals surface area (Å²) in [5.41, 5.74) is -0.320. The van der Waals surface area contributed by atoms with Crippen LogP contribution in [0.3, 0.4) is 0 Å². The third-order valence-corrected chi connectivity index (χ3v) is 2.02. The lowest BCUT2D eigenvalue weighted by atomic mass is 9.87. The van der Waals surface area contributed by atoms with Crippen molar-refractivity contribution < 1.29 is 14.3 Å². The van der Waals surface area contributed by atoms with Gasteiger partial charge in [-0.15, -0.1) is 6.42 Å². The molecule has 0 saturated heterocycles. The Morgan fingerprint density at radius 2 is 2.31 bits per heavy atom. The van der Waals surface area contributed by atoms with E-state index in [0.717, 1.165) is 6.26 Å². The van der Waals surface area contributed by atoms with Gasteiger partial charge in [-0.2, -0.15) is 4.98 Å². The van der Waals surface area contributed by atoms with E-state index in [-0.39, 0.29) is 23.2 Å². The molecule has 1 unspecified atom stereocenters.